The van der Waals surface area contributed by atoms with E-state index in [-0.39, 0.29) is 12.1 Å². The van der Waals surface area contributed by atoms with Crippen LogP contribution in [0.1, 0.15) is 18.5 Å². The van der Waals surface area contributed by atoms with Crippen LogP contribution in [0.4, 0.5) is 0 Å². The lowest BCUT2D eigenvalue weighted by molar-refractivity contribution is -0.142. The van der Waals surface area contributed by atoms with Crippen LogP contribution >= 0.6 is 0 Å². The van der Waals surface area contributed by atoms with E-state index in [1.54, 1.807) is 11.0 Å². The van der Waals surface area contributed by atoms with Crippen LogP contribution in [0.2, 0.25) is 0 Å². The van der Waals surface area contributed by atoms with Crippen molar-refractivity contribution in [1.82, 2.24) is 14.9 Å². The largest absolute Gasteiger partial charge is 0.480 e. The van der Waals surface area contributed by atoms with Gasteiger partial charge in [-0.2, -0.15) is 0 Å². The van der Waals surface area contributed by atoms with Crippen molar-refractivity contribution in [3.63, 3.8) is 0 Å². The Kier molecular flexibility index (Phi) is 3.23. The molecule has 6 heteroatoms. The quantitative estimate of drug-likeness (QED) is 0.870. The van der Waals surface area contributed by atoms with Crippen LogP contribution in [0, 0.1) is 0 Å². The number of H-pyrrole nitrogens is 1. The minimum Gasteiger partial charge on any atom is -0.480 e. The summed E-state index contributed by atoms with van der Waals surface area (Å²) in [5.41, 5.74) is 1.53. The molecule has 2 heterocycles. The lowest BCUT2D eigenvalue weighted by Crippen LogP contribution is -2.37. The zero-order valence-corrected chi connectivity index (χ0v) is 10.9. The van der Waals surface area contributed by atoms with E-state index < -0.39 is 12.0 Å². The first-order valence-electron chi connectivity index (χ1n) is 6.60. The van der Waals surface area contributed by atoms with Crippen molar-refractivity contribution >= 4 is 17.0 Å². The number of para-hydroxylation sites is 2. The topological polar surface area (TPSA) is 86.3 Å². The molecule has 0 amide bonds. The van der Waals surface area contributed by atoms with Gasteiger partial charge in [0.05, 0.1) is 11.0 Å². The molecule has 20 heavy (non-hydrogen) atoms. The first kappa shape index (κ1) is 12.8. The van der Waals surface area contributed by atoms with Crippen molar-refractivity contribution in [3.05, 3.63) is 40.3 Å². The Balaban J connectivity index is 1.92. The summed E-state index contributed by atoms with van der Waals surface area (Å²) in [4.78, 5) is 32.1. The molecule has 2 aromatic rings. The molecule has 0 radical (unpaired) electrons. The third-order valence-corrected chi connectivity index (χ3v) is 3.67. The van der Waals surface area contributed by atoms with E-state index >= 15 is 0 Å². The van der Waals surface area contributed by atoms with Crippen LogP contribution in [0.5, 0.6) is 0 Å². The van der Waals surface area contributed by atoms with Gasteiger partial charge in [-0.05, 0) is 31.5 Å². The average Bonchev–Trinajstić information content (AvgIpc) is 2.88. The summed E-state index contributed by atoms with van der Waals surface area (Å²) in [7, 11) is 0. The lowest BCUT2D eigenvalue weighted by atomic mass is 10.2. The van der Waals surface area contributed by atoms with Crippen LogP contribution < -0.4 is 5.56 Å². The number of fused-ring (bicyclic) bond motifs is 1. The molecule has 3 rings (SSSR count). The van der Waals surface area contributed by atoms with Gasteiger partial charge in [0.2, 0.25) is 0 Å². The summed E-state index contributed by atoms with van der Waals surface area (Å²) < 4.78 is 0. The van der Waals surface area contributed by atoms with Gasteiger partial charge < -0.3 is 10.1 Å². The van der Waals surface area contributed by atoms with E-state index in [1.165, 1.54) is 0 Å². The molecule has 1 atom stereocenters. The number of hydrogen-bond acceptors (Lipinski definition) is 4. The lowest BCUT2D eigenvalue weighted by Gasteiger charge is -2.20. The molecule has 6 nitrogen and oxygen atoms in total. The van der Waals surface area contributed by atoms with Gasteiger partial charge in [-0.1, -0.05) is 12.1 Å². The number of nitrogens with one attached hydrogen (secondary N) is 1. The van der Waals surface area contributed by atoms with Gasteiger partial charge in [0.15, 0.2) is 0 Å². The van der Waals surface area contributed by atoms with Crippen LogP contribution in [0.15, 0.2) is 29.1 Å². The highest BCUT2D eigenvalue weighted by Gasteiger charge is 2.31. The van der Waals surface area contributed by atoms with Crippen LogP contribution in [-0.2, 0) is 11.3 Å². The molecule has 1 aromatic carbocycles. The van der Waals surface area contributed by atoms with Crippen molar-refractivity contribution in [3.8, 4) is 0 Å². The normalized spacial score (nSPS) is 19.5. The zero-order valence-electron chi connectivity index (χ0n) is 10.9. The Hall–Kier alpha value is -2.21. The highest BCUT2D eigenvalue weighted by molar-refractivity contribution is 5.74. The molecule has 0 spiro atoms. The standard InChI is InChI=1S/C14H15N3O3/c18-13-11(8-17-7-3-6-12(17)14(19)20)15-9-4-1-2-5-10(9)16-13/h1-2,4-5,12H,3,6-8H2,(H,16,18)(H,19,20). The van der Waals surface area contributed by atoms with E-state index in [1.807, 2.05) is 18.2 Å². The monoisotopic (exact) mass is 273 g/mol. The first-order chi connectivity index (χ1) is 9.65. The molecule has 104 valence electrons. The number of hydrogen-bond donors (Lipinski definition) is 2. The fraction of sp³-hybridized carbons (Fsp3) is 0.357. The highest BCUT2D eigenvalue weighted by Crippen LogP contribution is 2.19. The van der Waals surface area contributed by atoms with E-state index in [0.29, 0.717) is 29.7 Å². The summed E-state index contributed by atoms with van der Waals surface area (Å²) in [6.45, 7) is 0.960. The molecule has 1 fully saturated rings. The second-order valence-corrected chi connectivity index (χ2v) is 5.00. The van der Waals surface area contributed by atoms with E-state index in [2.05, 4.69) is 9.97 Å². The number of carboxylic acid groups (broad SMARTS) is 1. The molecular weight excluding hydrogens is 258 g/mol. The Morgan fingerprint density at radius 1 is 1.45 bits per heavy atom. The van der Waals surface area contributed by atoms with Crippen molar-refractivity contribution in [2.75, 3.05) is 6.54 Å². The molecule has 1 aromatic heterocycles. The maximum absolute atomic E-state index is 12.0. The van der Waals surface area contributed by atoms with Crippen molar-refractivity contribution in [2.24, 2.45) is 0 Å². The van der Waals surface area contributed by atoms with Gasteiger partial charge in [0.1, 0.15) is 11.7 Å². The molecule has 0 bridgehead atoms. The third kappa shape index (κ3) is 2.30. The third-order valence-electron chi connectivity index (χ3n) is 3.67. The Bertz CT molecular complexity index is 710. The Labute approximate surface area is 115 Å². The molecule has 0 aliphatic carbocycles. The number of carboxylic acids is 1. The number of aromatic amines is 1. The van der Waals surface area contributed by atoms with E-state index in [9.17, 15) is 9.59 Å². The average molecular weight is 273 g/mol. The van der Waals surface area contributed by atoms with Gasteiger partial charge >= 0.3 is 5.97 Å². The predicted molar refractivity (Wildman–Crippen MR) is 73.4 cm³/mol. The van der Waals surface area contributed by atoms with Crippen molar-refractivity contribution in [1.29, 1.82) is 0 Å². The number of rotatable bonds is 3. The minimum atomic E-state index is -0.834. The predicted octanol–water partition coefficient (Wildman–Crippen LogP) is 0.972. The Morgan fingerprint density at radius 2 is 2.25 bits per heavy atom. The number of aliphatic carboxylic acids is 1. The molecule has 1 unspecified atom stereocenters. The SMILES string of the molecule is O=C(O)C1CCCN1Cc1nc2ccccc2[nH]c1=O. The van der Waals surface area contributed by atoms with Crippen molar-refractivity contribution in [2.45, 2.75) is 25.4 Å². The van der Waals surface area contributed by atoms with E-state index in [0.717, 1.165) is 6.42 Å². The van der Waals surface area contributed by atoms with Gasteiger partial charge in [0, 0.05) is 6.54 Å². The summed E-state index contributed by atoms with van der Waals surface area (Å²) >= 11 is 0. The summed E-state index contributed by atoms with van der Waals surface area (Å²) in [5.74, 6) is -0.834. The summed E-state index contributed by atoms with van der Waals surface area (Å²) in [5, 5.41) is 9.15. The number of aromatic nitrogens is 2. The van der Waals surface area contributed by atoms with Crippen LogP contribution in [-0.4, -0.2) is 38.5 Å². The maximum Gasteiger partial charge on any atom is 0.320 e. The zero-order chi connectivity index (χ0) is 14.1. The number of carbonyl (C=O) groups is 1. The van der Waals surface area contributed by atoms with Crippen molar-refractivity contribution < 1.29 is 9.90 Å². The van der Waals surface area contributed by atoms with Crippen LogP contribution in [0.3, 0.4) is 0 Å². The molecular formula is C14H15N3O3. The molecule has 0 saturated carbocycles. The van der Waals surface area contributed by atoms with Gasteiger partial charge in [-0.25, -0.2) is 4.98 Å². The minimum absolute atomic E-state index is 0.250. The van der Waals surface area contributed by atoms with Gasteiger partial charge in [0.25, 0.3) is 5.56 Å². The number of benzene rings is 1. The smallest absolute Gasteiger partial charge is 0.320 e. The summed E-state index contributed by atoms with van der Waals surface area (Å²) in [6.07, 6.45) is 1.46. The molecule has 1 saturated heterocycles. The summed E-state index contributed by atoms with van der Waals surface area (Å²) in [6, 6.07) is 6.80. The van der Waals surface area contributed by atoms with Gasteiger partial charge in [-0.15, -0.1) is 0 Å². The molecule has 1 aliphatic rings. The highest BCUT2D eigenvalue weighted by atomic mass is 16.4. The second-order valence-electron chi connectivity index (χ2n) is 5.00. The fourth-order valence-corrected chi connectivity index (χ4v) is 2.66. The molecule has 1 aliphatic heterocycles. The number of likely N-dealkylation sites (tertiary alicyclic amines) is 1. The Morgan fingerprint density at radius 3 is 3.05 bits per heavy atom. The number of nitrogens with zero attached hydrogens (tertiary/aromatic N) is 2. The second kappa shape index (κ2) is 5.05. The van der Waals surface area contributed by atoms with E-state index in [4.69, 9.17) is 5.11 Å². The first-order valence-corrected chi connectivity index (χ1v) is 6.60. The maximum atomic E-state index is 12.0. The molecule has 2 N–H and O–H groups in total. The van der Waals surface area contributed by atoms with Crippen LogP contribution in [0.25, 0.3) is 11.0 Å². The van der Waals surface area contributed by atoms with Gasteiger partial charge in [-0.3, -0.25) is 14.5 Å². The fourth-order valence-electron chi connectivity index (χ4n) is 2.66.